The summed E-state index contributed by atoms with van der Waals surface area (Å²) in [6.45, 7) is 6.14. The second kappa shape index (κ2) is 2.69. The summed E-state index contributed by atoms with van der Waals surface area (Å²) in [5.41, 5.74) is 0. The van der Waals surface area contributed by atoms with Gasteiger partial charge in [0.15, 0.2) is 0 Å². The predicted molar refractivity (Wildman–Crippen MR) is 47.9 cm³/mol. The van der Waals surface area contributed by atoms with Crippen molar-refractivity contribution in [3.63, 3.8) is 0 Å². The Morgan fingerprint density at radius 1 is 1.62 bits per heavy atom. The number of likely N-dealkylation sites (tertiary alicyclic amines) is 1. The molecule has 0 aromatic heterocycles. The van der Waals surface area contributed by atoms with Crippen molar-refractivity contribution < 1.29 is 9.59 Å². The molecule has 4 atom stereocenters. The molecule has 1 heterocycles. The predicted octanol–water partition coefficient (Wildman–Crippen LogP) is 0.464. The van der Waals surface area contributed by atoms with Gasteiger partial charge >= 0.3 is 0 Å². The van der Waals surface area contributed by atoms with Crippen LogP contribution in [0.15, 0.2) is 12.7 Å². The van der Waals surface area contributed by atoms with Crippen LogP contribution in [0.3, 0.4) is 0 Å². The zero-order chi connectivity index (χ0) is 9.59. The SMILES string of the molecule is C=CC(=O)N1CC(C=O)C2C(C)C21. The van der Waals surface area contributed by atoms with Crippen LogP contribution in [0, 0.1) is 17.8 Å². The smallest absolute Gasteiger partial charge is 0.246 e. The summed E-state index contributed by atoms with van der Waals surface area (Å²) >= 11 is 0. The molecular weight excluding hydrogens is 166 g/mol. The number of piperidine rings is 1. The molecule has 1 saturated heterocycles. The minimum atomic E-state index is -0.0382. The highest BCUT2D eigenvalue weighted by Crippen LogP contribution is 2.52. The summed E-state index contributed by atoms with van der Waals surface area (Å²) < 4.78 is 0. The Kier molecular flexibility index (Phi) is 1.75. The summed E-state index contributed by atoms with van der Waals surface area (Å²) in [7, 11) is 0. The zero-order valence-corrected chi connectivity index (χ0v) is 7.64. The van der Waals surface area contributed by atoms with Crippen LogP contribution < -0.4 is 0 Å². The fraction of sp³-hybridized carbons (Fsp3) is 0.600. The number of nitrogens with zero attached hydrogens (tertiary/aromatic N) is 1. The largest absolute Gasteiger partial charge is 0.335 e. The van der Waals surface area contributed by atoms with Crippen LogP contribution in [-0.4, -0.2) is 29.7 Å². The molecule has 0 aromatic carbocycles. The third kappa shape index (κ3) is 1.03. The van der Waals surface area contributed by atoms with Gasteiger partial charge in [0, 0.05) is 18.5 Å². The van der Waals surface area contributed by atoms with E-state index in [1.165, 1.54) is 6.08 Å². The highest BCUT2D eigenvalue weighted by Gasteiger charge is 2.60. The van der Waals surface area contributed by atoms with Crippen LogP contribution in [-0.2, 0) is 9.59 Å². The van der Waals surface area contributed by atoms with Gasteiger partial charge in [-0.05, 0) is 17.9 Å². The molecule has 70 valence electrons. The molecule has 1 saturated carbocycles. The van der Waals surface area contributed by atoms with Crippen molar-refractivity contribution >= 4 is 12.2 Å². The van der Waals surface area contributed by atoms with E-state index >= 15 is 0 Å². The molecule has 0 bridgehead atoms. The van der Waals surface area contributed by atoms with Crippen LogP contribution in [0.25, 0.3) is 0 Å². The summed E-state index contributed by atoms with van der Waals surface area (Å²) in [5.74, 6) is 0.932. The van der Waals surface area contributed by atoms with Crippen molar-refractivity contribution in [2.75, 3.05) is 6.54 Å². The van der Waals surface area contributed by atoms with Crippen LogP contribution >= 0.6 is 0 Å². The molecule has 1 aliphatic heterocycles. The Labute approximate surface area is 77.4 Å². The van der Waals surface area contributed by atoms with Gasteiger partial charge < -0.3 is 9.69 Å². The minimum Gasteiger partial charge on any atom is -0.335 e. The lowest BCUT2D eigenvalue weighted by atomic mass is 10.1. The molecular formula is C10H13NO2. The quantitative estimate of drug-likeness (QED) is 0.456. The molecule has 0 N–H and O–H groups in total. The van der Waals surface area contributed by atoms with Crippen molar-refractivity contribution in [3.8, 4) is 0 Å². The standard InChI is InChI=1S/C10H13NO2/c1-3-8(13)11-4-7(5-12)9-6(2)10(9)11/h3,5-7,9-10H,1,4H2,2H3. The van der Waals surface area contributed by atoms with Gasteiger partial charge in [0.1, 0.15) is 6.29 Å². The molecule has 2 rings (SSSR count). The topological polar surface area (TPSA) is 37.4 Å². The highest BCUT2D eigenvalue weighted by atomic mass is 16.2. The summed E-state index contributed by atoms with van der Waals surface area (Å²) in [5, 5.41) is 0. The third-order valence-electron chi connectivity index (χ3n) is 3.29. The average Bonchev–Trinajstić information content (AvgIpc) is 2.66. The number of amides is 1. The molecule has 4 unspecified atom stereocenters. The van der Waals surface area contributed by atoms with E-state index in [0.29, 0.717) is 24.4 Å². The highest BCUT2D eigenvalue weighted by molar-refractivity contribution is 5.88. The Balaban J connectivity index is 2.13. The van der Waals surface area contributed by atoms with Gasteiger partial charge in [-0.1, -0.05) is 13.5 Å². The lowest BCUT2D eigenvalue weighted by Crippen LogP contribution is -2.32. The number of aldehydes is 1. The molecule has 0 spiro atoms. The van der Waals surface area contributed by atoms with E-state index in [9.17, 15) is 9.59 Å². The number of hydrogen-bond acceptors (Lipinski definition) is 2. The number of carbonyl (C=O) groups is 2. The molecule has 3 heteroatoms. The van der Waals surface area contributed by atoms with Gasteiger partial charge in [-0.25, -0.2) is 0 Å². The van der Waals surface area contributed by atoms with Crippen LogP contribution in [0.4, 0.5) is 0 Å². The van der Waals surface area contributed by atoms with E-state index in [1.54, 1.807) is 4.90 Å². The van der Waals surface area contributed by atoms with Crippen molar-refractivity contribution in [2.45, 2.75) is 13.0 Å². The van der Waals surface area contributed by atoms with Gasteiger partial charge in [0.25, 0.3) is 0 Å². The lowest BCUT2D eigenvalue weighted by Gasteiger charge is -2.18. The van der Waals surface area contributed by atoms with Crippen LogP contribution in [0.5, 0.6) is 0 Å². The summed E-state index contributed by atoms with van der Waals surface area (Å²) in [6, 6.07) is 0.306. The number of rotatable bonds is 2. The van der Waals surface area contributed by atoms with Gasteiger partial charge in [0.2, 0.25) is 5.91 Å². The molecule has 1 aliphatic carbocycles. The van der Waals surface area contributed by atoms with E-state index in [4.69, 9.17) is 0 Å². The van der Waals surface area contributed by atoms with Gasteiger partial charge in [-0.15, -0.1) is 0 Å². The first-order valence-electron chi connectivity index (χ1n) is 4.59. The maximum absolute atomic E-state index is 11.4. The molecule has 13 heavy (non-hydrogen) atoms. The number of hydrogen-bond donors (Lipinski definition) is 0. The van der Waals surface area contributed by atoms with E-state index in [1.807, 2.05) is 0 Å². The van der Waals surface area contributed by atoms with E-state index in [0.717, 1.165) is 6.29 Å². The molecule has 0 aromatic rings. The lowest BCUT2D eigenvalue weighted by molar-refractivity contribution is -0.126. The fourth-order valence-electron chi connectivity index (χ4n) is 2.57. The first-order chi connectivity index (χ1) is 6.20. The van der Waals surface area contributed by atoms with E-state index in [-0.39, 0.29) is 11.8 Å². The second-order valence-electron chi connectivity index (χ2n) is 3.92. The normalized spacial score (nSPS) is 41.2. The fourth-order valence-corrected chi connectivity index (χ4v) is 2.57. The molecule has 2 aliphatic rings. The number of carbonyl (C=O) groups excluding carboxylic acids is 2. The van der Waals surface area contributed by atoms with Gasteiger partial charge in [-0.3, -0.25) is 4.79 Å². The van der Waals surface area contributed by atoms with E-state index in [2.05, 4.69) is 13.5 Å². The average molecular weight is 179 g/mol. The molecule has 2 fully saturated rings. The maximum Gasteiger partial charge on any atom is 0.246 e. The third-order valence-corrected chi connectivity index (χ3v) is 3.29. The van der Waals surface area contributed by atoms with Crippen molar-refractivity contribution in [2.24, 2.45) is 17.8 Å². The Morgan fingerprint density at radius 3 is 2.77 bits per heavy atom. The zero-order valence-electron chi connectivity index (χ0n) is 7.64. The monoisotopic (exact) mass is 179 g/mol. The molecule has 0 radical (unpaired) electrons. The van der Waals surface area contributed by atoms with Crippen molar-refractivity contribution in [1.29, 1.82) is 0 Å². The second-order valence-corrected chi connectivity index (χ2v) is 3.92. The van der Waals surface area contributed by atoms with Gasteiger partial charge in [0.05, 0.1) is 0 Å². The van der Waals surface area contributed by atoms with Crippen LogP contribution in [0.1, 0.15) is 6.92 Å². The molecule has 3 nitrogen and oxygen atoms in total. The van der Waals surface area contributed by atoms with E-state index < -0.39 is 0 Å². The van der Waals surface area contributed by atoms with Crippen molar-refractivity contribution in [1.82, 2.24) is 4.90 Å². The number of fused-ring (bicyclic) bond motifs is 1. The van der Waals surface area contributed by atoms with Gasteiger partial charge in [-0.2, -0.15) is 0 Å². The molecule has 1 amide bonds. The Hall–Kier alpha value is -1.12. The summed E-state index contributed by atoms with van der Waals surface area (Å²) in [6.07, 6.45) is 2.31. The van der Waals surface area contributed by atoms with Crippen molar-refractivity contribution in [3.05, 3.63) is 12.7 Å². The maximum atomic E-state index is 11.4. The Bertz CT molecular complexity index is 274. The first kappa shape index (κ1) is 8.48. The Morgan fingerprint density at radius 2 is 2.31 bits per heavy atom. The minimum absolute atomic E-state index is 0.0382. The first-order valence-corrected chi connectivity index (χ1v) is 4.59. The summed E-state index contributed by atoms with van der Waals surface area (Å²) in [4.78, 5) is 23.8. The van der Waals surface area contributed by atoms with Crippen LogP contribution in [0.2, 0.25) is 0 Å².